The Balaban J connectivity index is 1.49. The van der Waals surface area contributed by atoms with Crippen LogP contribution in [0.25, 0.3) is 0 Å². The molecule has 21 heavy (non-hydrogen) atoms. The Kier molecular flexibility index (Phi) is 4.29. The number of rotatable bonds is 5. The largest absolute Gasteiger partial charge is 0.392 e. The predicted molar refractivity (Wildman–Crippen MR) is 81.8 cm³/mol. The first-order valence-corrected chi connectivity index (χ1v) is 7.29. The van der Waals surface area contributed by atoms with Gasteiger partial charge in [-0.2, -0.15) is 0 Å². The van der Waals surface area contributed by atoms with Gasteiger partial charge < -0.3 is 4.84 Å². The number of benzene rings is 2. The highest BCUT2D eigenvalue weighted by molar-refractivity contribution is 5.87. The van der Waals surface area contributed by atoms with Crippen molar-refractivity contribution in [1.29, 1.82) is 0 Å². The van der Waals surface area contributed by atoms with Gasteiger partial charge in [0, 0.05) is 12.8 Å². The van der Waals surface area contributed by atoms with E-state index in [0.29, 0.717) is 6.42 Å². The molecule has 108 valence electrons. The summed E-state index contributed by atoms with van der Waals surface area (Å²) < 4.78 is 13.2. The predicted octanol–water partition coefficient (Wildman–Crippen LogP) is 4.15. The topological polar surface area (TPSA) is 21.6 Å². The normalized spacial score (nSPS) is 17.4. The molecule has 0 N–H and O–H groups in total. The van der Waals surface area contributed by atoms with Gasteiger partial charge in [0.2, 0.25) is 0 Å². The van der Waals surface area contributed by atoms with Crippen LogP contribution < -0.4 is 0 Å². The zero-order valence-electron chi connectivity index (χ0n) is 11.8. The molecule has 0 bridgehead atoms. The molecule has 1 aliphatic heterocycles. The number of aryl methyl sites for hydroxylation is 1. The fraction of sp³-hybridized carbons (Fsp3) is 0.278. The van der Waals surface area contributed by atoms with Crippen molar-refractivity contribution in [3.63, 3.8) is 0 Å². The van der Waals surface area contributed by atoms with Crippen molar-refractivity contribution in [2.75, 3.05) is 0 Å². The molecule has 3 heteroatoms. The fourth-order valence-corrected chi connectivity index (χ4v) is 2.60. The Morgan fingerprint density at radius 3 is 2.67 bits per heavy atom. The van der Waals surface area contributed by atoms with Crippen molar-refractivity contribution in [1.82, 2.24) is 0 Å². The van der Waals surface area contributed by atoms with Gasteiger partial charge in [0.05, 0.1) is 5.71 Å². The van der Waals surface area contributed by atoms with Gasteiger partial charge in [0.15, 0.2) is 0 Å². The van der Waals surface area contributed by atoms with Gasteiger partial charge in [0.25, 0.3) is 0 Å². The maximum atomic E-state index is 13.2. The number of hydrogen-bond acceptors (Lipinski definition) is 2. The Labute approximate surface area is 124 Å². The number of halogens is 1. The van der Waals surface area contributed by atoms with Gasteiger partial charge in [-0.05, 0) is 36.1 Å². The summed E-state index contributed by atoms with van der Waals surface area (Å²) in [6.45, 7) is 0. The highest BCUT2D eigenvalue weighted by atomic mass is 19.1. The smallest absolute Gasteiger partial charge is 0.133 e. The summed E-state index contributed by atoms with van der Waals surface area (Å²) >= 11 is 0. The SMILES string of the molecule is Fc1cccc(CC2=NOC(CCc3ccccc3)C2)c1. The van der Waals surface area contributed by atoms with Crippen LogP contribution in [-0.4, -0.2) is 11.8 Å². The van der Waals surface area contributed by atoms with E-state index >= 15 is 0 Å². The van der Waals surface area contributed by atoms with E-state index in [1.807, 2.05) is 12.1 Å². The van der Waals surface area contributed by atoms with E-state index in [1.165, 1.54) is 11.6 Å². The number of hydrogen-bond donors (Lipinski definition) is 0. The van der Waals surface area contributed by atoms with Crippen molar-refractivity contribution in [3.05, 3.63) is 71.5 Å². The summed E-state index contributed by atoms with van der Waals surface area (Å²) in [6.07, 6.45) is 3.60. The van der Waals surface area contributed by atoms with Gasteiger partial charge in [0.1, 0.15) is 11.9 Å². The van der Waals surface area contributed by atoms with Gasteiger partial charge in [-0.15, -0.1) is 0 Å². The summed E-state index contributed by atoms with van der Waals surface area (Å²) in [4.78, 5) is 5.48. The minimum Gasteiger partial charge on any atom is -0.392 e. The first kappa shape index (κ1) is 13.8. The maximum Gasteiger partial charge on any atom is 0.133 e. The average molecular weight is 283 g/mol. The van der Waals surface area contributed by atoms with Gasteiger partial charge >= 0.3 is 0 Å². The van der Waals surface area contributed by atoms with Crippen LogP contribution in [0.3, 0.4) is 0 Å². The Morgan fingerprint density at radius 1 is 1.05 bits per heavy atom. The third kappa shape index (κ3) is 3.91. The standard InChI is InChI=1S/C18H18FNO/c19-16-8-4-7-15(11-16)12-17-13-18(21-20-17)10-9-14-5-2-1-3-6-14/h1-8,11,18H,9-10,12-13H2. The molecule has 0 fully saturated rings. The van der Waals surface area contributed by atoms with E-state index < -0.39 is 0 Å². The van der Waals surface area contributed by atoms with Crippen LogP contribution >= 0.6 is 0 Å². The highest BCUT2D eigenvalue weighted by Crippen LogP contribution is 2.19. The molecule has 1 atom stereocenters. The van der Waals surface area contributed by atoms with Gasteiger partial charge in [-0.1, -0.05) is 47.6 Å². The van der Waals surface area contributed by atoms with Crippen molar-refractivity contribution >= 4 is 5.71 Å². The van der Waals surface area contributed by atoms with Crippen molar-refractivity contribution in [2.24, 2.45) is 5.16 Å². The summed E-state index contributed by atoms with van der Waals surface area (Å²) in [5.41, 5.74) is 3.26. The molecular weight excluding hydrogens is 265 g/mol. The van der Waals surface area contributed by atoms with Crippen molar-refractivity contribution in [2.45, 2.75) is 31.8 Å². The second-order valence-corrected chi connectivity index (χ2v) is 5.42. The highest BCUT2D eigenvalue weighted by Gasteiger charge is 2.20. The van der Waals surface area contributed by atoms with Crippen LogP contribution in [-0.2, 0) is 17.7 Å². The molecule has 0 aromatic heterocycles. The van der Waals surface area contributed by atoms with E-state index in [2.05, 4.69) is 29.4 Å². The monoisotopic (exact) mass is 283 g/mol. The summed E-state index contributed by atoms with van der Waals surface area (Å²) in [5.74, 6) is -0.201. The van der Waals surface area contributed by atoms with E-state index in [9.17, 15) is 4.39 Å². The lowest BCUT2D eigenvalue weighted by molar-refractivity contribution is 0.0794. The molecule has 0 aliphatic carbocycles. The minimum atomic E-state index is -0.201. The Hall–Kier alpha value is -2.16. The first-order chi connectivity index (χ1) is 10.3. The third-order valence-electron chi connectivity index (χ3n) is 3.69. The van der Waals surface area contributed by atoms with Crippen LogP contribution in [0, 0.1) is 5.82 Å². The zero-order valence-corrected chi connectivity index (χ0v) is 11.8. The van der Waals surface area contributed by atoms with Crippen LogP contribution in [0.1, 0.15) is 24.0 Å². The van der Waals surface area contributed by atoms with Crippen LogP contribution in [0.15, 0.2) is 59.8 Å². The second kappa shape index (κ2) is 6.53. The molecule has 1 aliphatic rings. The third-order valence-corrected chi connectivity index (χ3v) is 3.69. The summed E-state index contributed by atoms with van der Waals surface area (Å²) in [7, 11) is 0. The molecule has 0 amide bonds. The first-order valence-electron chi connectivity index (χ1n) is 7.29. The lowest BCUT2D eigenvalue weighted by atomic mass is 10.0. The average Bonchev–Trinajstić information content (AvgIpc) is 2.94. The van der Waals surface area contributed by atoms with Crippen LogP contribution in [0.5, 0.6) is 0 Å². The number of oxime groups is 1. The lowest BCUT2D eigenvalue weighted by Crippen LogP contribution is -2.10. The molecule has 0 saturated carbocycles. The summed E-state index contributed by atoms with van der Waals surface area (Å²) in [6, 6.07) is 17.0. The fourth-order valence-electron chi connectivity index (χ4n) is 2.60. The molecule has 2 aromatic carbocycles. The molecule has 3 rings (SSSR count). The molecule has 2 nitrogen and oxygen atoms in total. The zero-order chi connectivity index (χ0) is 14.5. The van der Waals surface area contributed by atoms with E-state index in [-0.39, 0.29) is 11.9 Å². The van der Waals surface area contributed by atoms with Crippen LogP contribution in [0.2, 0.25) is 0 Å². The van der Waals surface area contributed by atoms with Crippen molar-refractivity contribution in [3.8, 4) is 0 Å². The molecule has 0 saturated heterocycles. The number of nitrogens with zero attached hydrogens (tertiary/aromatic N) is 1. The lowest BCUT2D eigenvalue weighted by Gasteiger charge is -2.07. The second-order valence-electron chi connectivity index (χ2n) is 5.42. The van der Waals surface area contributed by atoms with Crippen molar-refractivity contribution < 1.29 is 9.23 Å². The Bertz CT molecular complexity index is 624. The van der Waals surface area contributed by atoms with Crippen LogP contribution in [0.4, 0.5) is 4.39 Å². The Morgan fingerprint density at radius 2 is 1.86 bits per heavy atom. The molecule has 0 radical (unpaired) electrons. The molecular formula is C18H18FNO. The molecule has 1 unspecified atom stereocenters. The van der Waals surface area contributed by atoms with Gasteiger partial charge in [-0.3, -0.25) is 0 Å². The van der Waals surface area contributed by atoms with Gasteiger partial charge in [-0.25, -0.2) is 4.39 Å². The van der Waals surface area contributed by atoms with E-state index in [1.54, 1.807) is 12.1 Å². The maximum absolute atomic E-state index is 13.2. The molecule has 1 heterocycles. The molecule has 2 aromatic rings. The molecule has 0 spiro atoms. The minimum absolute atomic E-state index is 0.147. The van der Waals surface area contributed by atoms with E-state index in [0.717, 1.165) is 30.5 Å². The quantitative estimate of drug-likeness (QED) is 0.808. The van der Waals surface area contributed by atoms with E-state index in [4.69, 9.17) is 4.84 Å². The summed E-state index contributed by atoms with van der Waals surface area (Å²) in [5, 5.41) is 4.15.